The van der Waals surface area contributed by atoms with Crippen molar-refractivity contribution in [2.75, 3.05) is 26.7 Å². The predicted octanol–water partition coefficient (Wildman–Crippen LogP) is 2.25. The summed E-state index contributed by atoms with van der Waals surface area (Å²) in [6.07, 6.45) is 6.83. The Balaban J connectivity index is 2.25. The summed E-state index contributed by atoms with van der Waals surface area (Å²) in [5.41, 5.74) is 5.70. The molecular formula is C14H30N2O. The zero-order chi connectivity index (χ0) is 12.7. The van der Waals surface area contributed by atoms with E-state index in [2.05, 4.69) is 18.9 Å². The van der Waals surface area contributed by atoms with Gasteiger partial charge in [-0.1, -0.05) is 19.8 Å². The third-order valence-corrected chi connectivity index (χ3v) is 4.00. The molecule has 0 heterocycles. The van der Waals surface area contributed by atoms with Crippen LogP contribution in [-0.4, -0.2) is 43.8 Å². The topological polar surface area (TPSA) is 38.5 Å². The number of hydrogen-bond donors (Lipinski definition) is 1. The molecule has 3 unspecified atom stereocenters. The second-order valence-corrected chi connectivity index (χ2v) is 5.51. The van der Waals surface area contributed by atoms with E-state index in [9.17, 15) is 0 Å². The zero-order valence-electron chi connectivity index (χ0n) is 11.8. The van der Waals surface area contributed by atoms with Crippen LogP contribution in [0.4, 0.5) is 0 Å². The average molecular weight is 242 g/mol. The first kappa shape index (κ1) is 14.9. The minimum atomic E-state index is 0.239. The van der Waals surface area contributed by atoms with Crippen LogP contribution in [0.3, 0.4) is 0 Å². The Morgan fingerprint density at radius 1 is 1.41 bits per heavy atom. The van der Waals surface area contributed by atoms with Gasteiger partial charge in [0.1, 0.15) is 0 Å². The predicted molar refractivity (Wildman–Crippen MR) is 73.1 cm³/mol. The summed E-state index contributed by atoms with van der Waals surface area (Å²) in [5, 5.41) is 0. The van der Waals surface area contributed by atoms with Gasteiger partial charge in [-0.2, -0.15) is 0 Å². The monoisotopic (exact) mass is 242 g/mol. The van der Waals surface area contributed by atoms with E-state index in [4.69, 9.17) is 10.5 Å². The molecule has 17 heavy (non-hydrogen) atoms. The first-order valence-electron chi connectivity index (χ1n) is 7.19. The maximum Gasteiger partial charge on any atom is 0.0709 e. The van der Waals surface area contributed by atoms with Crippen molar-refractivity contribution in [2.45, 2.75) is 58.1 Å². The molecule has 0 spiro atoms. The highest BCUT2D eigenvalue weighted by Crippen LogP contribution is 2.26. The van der Waals surface area contributed by atoms with Gasteiger partial charge in [-0.3, -0.25) is 0 Å². The minimum Gasteiger partial charge on any atom is -0.377 e. The number of ether oxygens (including phenoxy) is 1. The molecule has 1 saturated carbocycles. The Bertz CT molecular complexity index is 199. The zero-order valence-corrected chi connectivity index (χ0v) is 11.8. The molecule has 0 saturated heterocycles. The quantitative estimate of drug-likeness (QED) is 0.744. The molecule has 3 heteroatoms. The van der Waals surface area contributed by atoms with E-state index in [1.807, 2.05) is 6.92 Å². The third-order valence-electron chi connectivity index (χ3n) is 4.00. The van der Waals surface area contributed by atoms with Crippen LogP contribution in [0, 0.1) is 5.92 Å². The Kier molecular flexibility index (Phi) is 7.09. The maximum atomic E-state index is 5.70. The van der Waals surface area contributed by atoms with E-state index in [0.29, 0.717) is 6.54 Å². The van der Waals surface area contributed by atoms with Crippen LogP contribution in [0.2, 0.25) is 0 Å². The molecule has 0 radical (unpaired) electrons. The molecule has 0 aromatic heterocycles. The Labute approximate surface area is 107 Å². The molecule has 0 aromatic rings. The fraction of sp³-hybridized carbons (Fsp3) is 1.00. The smallest absolute Gasteiger partial charge is 0.0709 e. The Morgan fingerprint density at radius 3 is 2.76 bits per heavy atom. The summed E-state index contributed by atoms with van der Waals surface area (Å²) >= 11 is 0. The fourth-order valence-corrected chi connectivity index (χ4v) is 2.84. The van der Waals surface area contributed by atoms with Gasteiger partial charge < -0.3 is 15.4 Å². The van der Waals surface area contributed by atoms with Crippen molar-refractivity contribution in [1.82, 2.24) is 4.90 Å². The molecule has 3 nitrogen and oxygen atoms in total. The van der Waals surface area contributed by atoms with Gasteiger partial charge in [0.05, 0.1) is 6.10 Å². The van der Waals surface area contributed by atoms with Gasteiger partial charge in [0, 0.05) is 25.7 Å². The van der Waals surface area contributed by atoms with Crippen LogP contribution < -0.4 is 5.73 Å². The van der Waals surface area contributed by atoms with Crippen molar-refractivity contribution in [3.63, 3.8) is 0 Å². The van der Waals surface area contributed by atoms with Crippen LogP contribution in [0.5, 0.6) is 0 Å². The van der Waals surface area contributed by atoms with E-state index in [1.54, 1.807) is 0 Å². The first-order valence-corrected chi connectivity index (χ1v) is 7.19. The molecule has 102 valence electrons. The Hall–Kier alpha value is -0.120. The summed E-state index contributed by atoms with van der Waals surface area (Å²) in [7, 11) is 2.25. The summed E-state index contributed by atoms with van der Waals surface area (Å²) in [6.45, 7) is 6.94. The second kappa shape index (κ2) is 8.06. The van der Waals surface area contributed by atoms with E-state index in [1.165, 1.54) is 25.7 Å². The van der Waals surface area contributed by atoms with Gasteiger partial charge in [0.2, 0.25) is 0 Å². The lowest BCUT2D eigenvalue weighted by atomic mass is 9.86. The molecule has 0 bridgehead atoms. The summed E-state index contributed by atoms with van der Waals surface area (Å²) in [5.74, 6) is 0.897. The van der Waals surface area contributed by atoms with Crippen LogP contribution in [-0.2, 0) is 4.74 Å². The second-order valence-electron chi connectivity index (χ2n) is 5.51. The molecular weight excluding hydrogens is 212 g/mol. The average Bonchev–Trinajstić information content (AvgIpc) is 2.34. The van der Waals surface area contributed by atoms with Crippen molar-refractivity contribution < 1.29 is 4.74 Å². The molecule has 0 aliphatic heterocycles. The van der Waals surface area contributed by atoms with Crippen molar-refractivity contribution in [2.24, 2.45) is 11.7 Å². The van der Waals surface area contributed by atoms with Gasteiger partial charge in [-0.05, 0) is 39.2 Å². The highest BCUT2D eigenvalue weighted by molar-refractivity contribution is 4.77. The van der Waals surface area contributed by atoms with Gasteiger partial charge >= 0.3 is 0 Å². The highest BCUT2D eigenvalue weighted by atomic mass is 16.5. The van der Waals surface area contributed by atoms with Crippen LogP contribution in [0.25, 0.3) is 0 Å². The summed E-state index contributed by atoms with van der Waals surface area (Å²) in [6, 6.07) is 0.777. The third kappa shape index (κ3) is 5.36. The molecule has 0 aromatic carbocycles. The van der Waals surface area contributed by atoms with Gasteiger partial charge in [-0.15, -0.1) is 0 Å². The molecule has 1 fully saturated rings. The van der Waals surface area contributed by atoms with E-state index >= 15 is 0 Å². The van der Waals surface area contributed by atoms with Gasteiger partial charge in [-0.25, -0.2) is 0 Å². The highest BCUT2D eigenvalue weighted by Gasteiger charge is 2.22. The first-order chi connectivity index (χ1) is 8.17. The number of nitrogens with zero attached hydrogens (tertiary/aromatic N) is 1. The largest absolute Gasteiger partial charge is 0.377 e. The lowest BCUT2D eigenvalue weighted by Gasteiger charge is -2.34. The van der Waals surface area contributed by atoms with Crippen molar-refractivity contribution in [1.29, 1.82) is 0 Å². The Morgan fingerprint density at radius 2 is 2.18 bits per heavy atom. The molecule has 3 atom stereocenters. The van der Waals surface area contributed by atoms with Crippen molar-refractivity contribution in [3.05, 3.63) is 0 Å². The van der Waals surface area contributed by atoms with E-state index in [-0.39, 0.29) is 6.10 Å². The van der Waals surface area contributed by atoms with Crippen molar-refractivity contribution >= 4 is 0 Å². The van der Waals surface area contributed by atoms with E-state index < -0.39 is 0 Å². The lowest BCUT2D eigenvalue weighted by Crippen LogP contribution is -2.38. The van der Waals surface area contributed by atoms with Gasteiger partial charge in [0.15, 0.2) is 0 Å². The molecule has 1 rings (SSSR count). The molecule has 1 aliphatic rings. The number of rotatable bonds is 7. The number of hydrogen-bond acceptors (Lipinski definition) is 3. The summed E-state index contributed by atoms with van der Waals surface area (Å²) in [4.78, 5) is 2.51. The van der Waals surface area contributed by atoms with Crippen molar-refractivity contribution in [3.8, 4) is 0 Å². The van der Waals surface area contributed by atoms with Crippen LogP contribution in [0.15, 0.2) is 0 Å². The van der Waals surface area contributed by atoms with Gasteiger partial charge in [0.25, 0.3) is 0 Å². The molecule has 2 N–H and O–H groups in total. The normalized spacial score (nSPS) is 27.4. The fourth-order valence-electron chi connectivity index (χ4n) is 2.84. The standard InChI is InChI=1S/C14H30N2O/c1-4-17-14(11-15)8-9-16(3)13-7-5-6-12(2)10-13/h12-14H,4-11,15H2,1-3H3. The lowest BCUT2D eigenvalue weighted by molar-refractivity contribution is 0.0494. The number of nitrogens with two attached hydrogens (primary N) is 1. The minimum absolute atomic E-state index is 0.239. The van der Waals surface area contributed by atoms with Crippen LogP contribution >= 0.6 is 0 Å². The van der Waals surface area contributed by atoms with E-state index in [0.717, 1.165) is 31.5 Å². The van der Waals surface area contributed by atoms with Crippen LogP contribution in [0.1, 0.15) is 46.0 Å². The summed E-state index contributed by atoms with van der Waals surface area (Å²) < 4.78 is 5.60. The SMILES string of the molecule is CCOC(CN)CCN(C)C1CCCC(C)C1. The molecule has 1 aliphatic carbocycles. The maximum absolute atomic E-state index is 5.70. The molecule has 0 amide bonds.